The quantitative estimate of drug-likeness (QED) is 0.745. The first-order chi connectivity index (χ1) is 9.41. The second-order valence-electron chi connectivity index (χ2n) is 5.32. The van der Waals surface area contributed by atoms with E-state index in [1.165, 1.54) is 9.80 Å². The van der Waals surface area contributed by atoms with Crippen molar-refractivity contribution >= 4 is 21.8 Å². The fourth-order valence-corrected chi connectivity index (χ4v) is 3.88. The predicted molar refractivity (Wildman–Crippen MR) is 72.2 cm³/mol. The number of carbonyl (C=O) groups is 2. The molecule has 0 aromatic carbocycles. The molecule has 2 rings (SSSR count). The summed E-state index contributed by atoms with van der Waals surface area (Å²) in [4.78, 5) is 26.6. The third-order valence-corrected chi connectivity index (χ3v) is 5.51. The SMILES string of the molecule is O=C(O)[C@@H]1CCCCCN1C(=O)N1CCS(=O)(=O)CC1. The molecule has 8 heteroatoms. The zero-order valence-corrected chi connectivity index (χ0v) is 12.1. The lowest BCUT2D eigenvalue weighted by Crippen LogP contribution is -2.54. The Labute approximate surface area is 118 Å². The lowest BCUT2D eigenvalue weighted by molar-refractivity contribution is -0.142. The van der Waals surface area contributed by atoms with Crippen molar-refractivity contribution < 1.29 is 23.1 Å². The number of urea groups is 1. The average molecular weight is 304 g/mol. The second-order valence-corrected chi connectivity index (χ2v) is 7.62. The summed E-state index contributed by atoms with van der Waals surface area (Å²) in [5.74, 6) is -1.06. The number of nitrogens with zero attached hydrogens (tertiary/aromatic N) is 2. The summed E-state index contributed by atoms with van der Waals surface area (Å²) in [6, 6.07) is -1.13. The number of carboxylic acid groups (broad SMARTS) is 1. The Morgan fingerprint density at radius 1 is 1.00 bits per heavy atom. The number of hydrogen-bond acceptors (Lipinski definition) is 4. The van der Waals surface area contributed by atoms with E-state index in [1.54, 1.807) is 0 Å². The number of sulfone groups is 1. The first kappa shape index (κ1) is 15.1. The van der Waals surface area contributed by atoms with Gasteiger partial charge < -0.3 is 14.9 Å². The van der Waals surface area contributed by atoms with Gasteiger partial charge in [0, 0.05) is 19.6 Å². The molecule has 114 valence electrons. The van der Waals surface area contributed by atoms with E-state index in [4.69, 9.17) is 0 Å². The molecule has 2 aliphatic heterocycles. The molecule has 0 aromatic heterocycles. The van der Waals surface area contributed by atoms with Crippen molar-refractivity contribution in [3.63, 3.8) is 0 Å². The highest BCUT2D eigenvalue weighted by molar-refractivity contribution is 7.91. The topological polar surface area (TPSA) is 95.0 Å². The van der Waals surface area contributed by atoms with Gasteiger partial charge in [-0.05, 0) is 12.8 Å². The van der Waals surface area contributed by atoms with Crippen LogP contribution in [0.25, 0.3) is 0 Å². The molecule has 2 saturated heterocycles. The summed E-state index contributed by atoms with van der Waals surface area (Å²) in [5, 5.41) is 9.26. The molecule has 0 spiro atoms. The molecule has 20 heavy (non-hydrogen) atoms. The van der Waals surface area contributed by atoms with Crippen molar-refractivity contribution in [2.75, 3.05) is 31.1 Å². The van der Waals surface area contributed by atoms with E-state index in [-0.39, 0.29) is 30.6 Å². The van der Waals surface area contributed by atoms with E-state index < -0.39 is 21.8 Å². The van der Waals surface area contributed by atoms with Crippen molar-refractivity contribution in [2.45, 2.75) is 31.7 Å². The lowest BCUT2D eigenvalue weighted by atomic mass is 10.1. The van der Waals surface area contributed by atoms with E-state index in [1.807, 2.05) is 0 Å². The van der Waals surface area contributed by atoms with Crippen LogP contribution in [-0.4, -0.2) is 72.5 Å². The molecule has 1 atom stereocenters. The van der Waals surface area contributed by atoms with Crippen molar-refractivity contribution in [1.82, 2.24) is 9.80 Å². The van der Waals surface area contributed by atoms with Crippen LogP contribution in [0.2, 0.25) is 0 Å². The zero-order chi connectivity index (χ0) is 14.8. The molecule has 7 nitrogen and oxygen atoms in total. The van der Waals surface area contributed by atoms with Crippen LogP contribution in [0.15, 0.2) is 0 Å². The average Bonchev–Trinajstić information content (AvgIpc) is 2.63. The van der Waals surface area contributed by atoms with Gasteiger partial charge in [-0.3, -0.25) is 0 Å². The molecule has 0 unspecified atom stereocenters. The van der Waals surface area contributed by atoms with Crippen molar-refractivity contribution in [2.24, 2.45) is 0 Å². The largest absolute Gasteiger partial charge is 0.480 e. The smallest absolute Gasteiger partial charge is 0.326 e. The molecule has 0 aliphatic carbocycles. The number of carboxylic acids is 1. The number of hydrogen-bond donors (Lipinski definition) is 1. The van der Waals surface area contributed by atoms with Gasteiger partial charge in [0.05, 0.1) is 11.5 Å². The molecule has 0 saturated carbocycles. The van der Waals surface area contributed by atoms with Crippen LogP contribution in [0, 0.1) is 0 Å². The molecule has 2 fully saturated rings. The minimum absolute atomic E-state index is 0.0374. The third kappa shape index (κ3) is 3.41. The highest BCUT2D eigenvalue weighted by Gasteiger charge is 2.35. The minimum atomic E-state index is -3.05. The van der Waals surface area contributed by atoms with Crippen LogP contribution in [0.1, 0.15) is 25.7 Å². The molecule has 2 aliphatic rings. The Hall–Kier alpha value is -1.31. The summed E-state index contributed by atoms with van der Waals surface area (Å²) in [5.41, 5.74) is 0. The third-order valence-electron chi connectivity index (χ3n) is 3.90. The van der Waals surface area contributed by atoms with E-state index >= 15 is 0 Å². The maximum absolute atomic E-state index is 12.4. The van der Waals surface area contributed by atoms with Gasteiger partial charge in [0.25, 0.3) is 0 Å². The van der Waals surface area contributed by atoms with Crippen molar-refractivity contribution in [1.29, 1.82) is 0 Å². The van der Waals surface area contributed by atoms with E-state index in [0.29, 0.717) is 13.0 Å². The van der Waals surface area contributed by atoms with Crippen LogP contribution < -0.4 is 0 Å². The molecular formula is C12H20N2O5S. The highest BCUT2D eigenvalue weighted by atomic mass is 32.2. The summed E-state index contributed by atoms with van der Waals surface area (Å²) in [6.45, 7) is 0.743. The molecule has 1 N–H and O–H groups in total. The number of rotatable bonds is 1. The van der Waals surface area contributed by atoms with Gasteiger partial charge in [0.1, 0.15) is 6.04 Å². The molecule has 0 radical (unpaired) electrons. The number of likely N-dealkylation sites (tertiary alicyclic amines) is 1. The Morgan fingerprint density at radius 3 is 2.25 bits per heavy atom. The summed E-state index contributed by atoms with van der Waals surface area (Å²) < 4.78 is 22.8. The number of aliphatic carboxylic acids is 1. The van der Waals surface area contributed by atoms with Crippen molar-refractivity contribution in [3.8, 4) is 0 Å². The Morgan fingerprint density at radius 2 is 1.65 bits per heavy atom. The first-order valence-corrected chi connectivity index (χ1v) is 8.71. The minimum Gasteiger partial charge on any atom is -0.480 e. The monoisotopic (exact) mass is 304 g/mol. The van der Waals surface area contributed by atoms with Gasteiger partial charge in [0.15, 0.2) is 9.84 Å². The van der Waals surface area contributed by atoms with Crippen molar-refractivity contribution in [3.05, 3.63) is 0 Å². The Kier molecular flexibility index (Phi) is 4.52. The van der Waals surface area contributed by atoms with Gasteiger partial charge in [-0.1, -0.05) is 12.8 Å². The molecule has 0 aromatic rings. The fraction of sp³-hybridized carbons (Fsp3) is 0.833. The van der Waals surface area contributed by atoms with Crippen LogP contribution in [0.5, 0.6) is 0 Å². The van der Waals surface area contributed by atoms with Crippen LogP contribution >= 0.6 is 0 Å². The van der Waals surface area contributed by atoms with E-state index in [2.05, 4.69) is 0 Å². The van der Waals surface area contributed by atoms with Crippen LogP contribution in [-0.2, 0) is 14.6 Å². The molecule has 2 heterocycles. The Bertz CT molecular complexity index is 476. The van der Waals surface area contributed by atoms with E-state index in [9.17, 15) is 23.1 Å². The van der Waals surface area contributed by atoms with Crippen LogP contribution in [0.4, 0.5) is 4.79 Å². The number of amides is 2. The zero-order valence-electron chi connectivity index (χ0n) is 11.3. The summed E-state index contributed by atoms with van der Waals surface area (Å²) in [6.07, 6.45) is 2.98. The second kappa shape index (κ2) is 5.99. The lowest BCUT2D eigenvalue weighted by Gasteiger charge is -2.35. The summed E-state index contributed by atoms with van der Waals surface area (Å²) >= 11 is 0. The van der Waals surface area contributed by atoms with Crippen LogP contribution in [0.3, 0.4) is 0 Å². The van der Waals surface area contributed by atoms with Gasteiger partial charge in [-0.15, -0.1) is 0 Å². The highest BCUT2D eigenvalue weighted by Crippen LogP contribution is 2.19. The molecule has 0 bridgehead atoms. The predicted octanol–water partition coefficient (Wildman–Crippen LogP) is 0.166. The van der Waals surface area contributed by atoms with Gasteiger partial charge in [0.2, 0.25) is 0 Å². The molecule has 2 amide bonds. The maximum atomic E-state index is 12.4. The fourth-order valence-electron chi connectivity index (χ4n) is 2.68. The van der Waals surface area contributed by atoms with E-state index in [0.717, 1.165) is 19.3 Å². The maximum Gasteiger partial charge on any atom is 0.326 e. The Balaban J connectivity index is 2.07. The van der Waals surface area contributed by atoms with Gasteiger partial charge >= 0.3 is 12.0 Å². The summed E-state index contributed by atoms with van der Waals surface area (Å²) in [7, 11) is -3.05. The number of carbonyl (C=O) groups excluding carboxylic acids is 1. The van der Waals surface area contributed by atoms with Gasteiger partial charge in [-0.2, -0.15) is 0 Å². The first-order valence-electron chi connectivity index (χ1n) is 6.89. The standard InChI is InChI=1S/C12H20N2O5S/c15-11(16)10-4-2-1-3-5-14(10)12(17)13-6-8-20(18,19)9-7-13/h10H,1-9H2,(H,15,16)/t10-/m0/s1. The van der Waals surface area contributed by atoms with Gasteiger partial charge in [-0.25, -0.2) is 18.0 Å². The normalized spacial score (nSPS) is 26.9. The molecular weight excluding hydrogens is 284 g/mol.